The van der Waals surface area contributed by atoms with E-state index in [1.165, 1.54) is 0 Å². The second kappa shape index (κ2) is 3.72. The fourth-order valence-corrected chi connectivity index (χ4v) is 0. The lowest BCUT2D eigenvalue weighted by atomic mass is 11.9. The lowest BCUT2D eigenvalue weighted by Gasteiger charge is -1.72. The van der Waals surface area contributed by atoms with Gasteiger partial charge in [-0.15, -0.1) is 0 Å². The Hall–Kier alpha value is -0.460. The average molecular weight is 126 g/mol. The van der Waals surface area contributed by atoms with Crippen LogP contribution in [0.5, 0.6) is 0 Å². The van der Waals surface area contributed by atoms with Crippen molar-refractivity contribution < 1.29 is 13.2 Å². The zero-order valence-corrected chi connectivity index (χ0v) is 4.31. The third-order valence-corrected chi connectivity index (χ3v) is 0. The lowest BCUT2D eigenvalue weighted by Crippen LogP contribution is -2.21. The molecule has 5 nitrogen and oxygen atoms in total. The average Bonchev–Trinajstić information content (AvgIpc) is 1.36. The van der Waals surface area contributed by atoms with Gasteiger partial charge in [-0.25, -0.2) is 10.3 Å². The number of hydrogen-bond acceptors (Lipinski definition) is 3. The highest BCUT2D eigenvalue weighted by atomic mass is 32.2. The number of rotatable bonds is 0. The van der Waals surface area contributed by atoms with Crippen LogP contribution < -0.4 is 10.3 Å². The molecule has 0 rings (SSSR count). The smallest absolute Gasteiger partial charge is 0.271 e. The summed E-state index contributed by atoms with van der Waals surface area (Å²) < 4.78 is 18.4. The Bertz CT molecular complexity index is 107. The van der Waals surface area contributed by atoms with Crippen molar-refractivity contribution in [3.8, 4) is 0 Å². The summed E-state index contributed by atoms with van der Waals surface area (Å²) in [5.74, 6) is 0. The molecule has 0 radical (unpaired) electrons. The van der Waals surface area contributed by atoms with Crippen LogP contribution in [-0.4, -0.2) is 15.2 Å². The van der Waals surface area contributed by atoms with E-state index in [1.807, 2.05) is 6.79 Å². The molecule has 0 saturated carbocycles. The molecule has 0 saturated heterocycles. The van der Waals surface area contributed by atoms with Crippen molar-refractivity contribution >= 4 is 17.0 Å². The first-order chi connectivity index (χ1) is 3.00. The third kappa shape index (κ3) is 328. The Labute approximate surface area is 41.5 Å². The molecule has 7 heavy (non-hydrogen) atoms. The largest absolute Gasteiger partial charge is 0.307 e. The monoisotopic (exact) mass is 126 g/mol. The van der Waals surface area contributed by atoms with Crippen LogP contribution in [0.1, 0.15) is 0 Å². The van der Waals surface area contributed by atoms with Crippen molar-refractivity contribution in [3.05, 3.63) is 0 Å². The van der Waals surface area contributed by atoms with Crippen molar-refractivity contribution in [2.75, 3.05) is 0 Å². The molecule has 0 aromatic carbocycles. The van der Waals surface area contributed by atoms with Gasteiger partial charge in [0.1, 0.15) is 6.79 Å². The fraction of sp³-hybridized carbons (Fsp3) is 0. The molecule has 0 amide bonds. The van der Waals surface area contributed by atoms with Crippen LogP contribution in [-0.2, 0) is 15.0 Å². The van der Waals surface area contributed by atoms with Crippen LogP contribution in [0.2, 0.25) is 0 Å². The molecule has 0 aliphatic heterocycles. The summed E-state index contributed by atoms with van der Waals surface area (Å²) in [7, 11) is -3.67. The summed E-state index contributed by atoms with van der Waals surface area (Å²) in [4.78, 5) is 8.00. The topological polar surface area (TPSA) is 103 Å². The van der Waals surface area contributed by atoms with Gasteiger partial charge < -0.3 is 4.79 Å². The minimum atomic E-state index is -3.67. The van der Waals surface area contributed by atoms with E-state index in [0.717, 1.165) is 0 Å². The van der Waals surface area contributed by atoms with E-state index in [1.54, 1.807) is 0 Å². The molecule has 0 aliphatic rings. The maximum Gasteiger partial charge on any atom is 0.271 e. The van der Waals surface area contributed by atoms with Crippen LogP contribution in [0.4, 0.5) is 0 Å². The zero-order chi connectivity index (χ0) is 6.50. The first kappa shape index (κ1) is 9.74. The Kier molecular flexibility index (Phi) is 5.18. The first-order valence-corrected chi connectivity index (χ1v) is 2.70. The van der Waals surface area contributed by atoms with Gasteiger partial charge in [-0.3, -0.25) is 0 Å². The second-order valence-corrected chi connectivity index (χ2v) is 1.77. The Morgan fingerprint density at radius 2 is 1.14 bits per heavy atom. The first-order valence-electron chi connectivity index (χ1n) is 1.09. The number of nitrogens with two attached hydrogens (primary N) is 2. The maximum atomic E-state index is 9.19. The molecule has 0 atom stereocenters. The molecule has 6 heteroatoms. The second-order valence-electron chi connectivity index (χ2n) is 0.589. The van der Waals surface area contributed by atoms with Crippen molar-refractivity contribution in [1.29, 1.82) is 0 Å². The molecule has 0 unspecified atom stereocenters. The quantitative estimate of drug-likeness (QED) is 0.391. The highest BCUT2D eigenvalue weighted by Gasteiger charge is 1.78. The molecule has 44 valence electrons. The maximum absolute atomic E-state index is 9.19. The SMILES string of the molecule is C=O.NS(N)(=O)=O. The van der Waals surface area contributed by atoms with Gasteiger partial charge in [0.15, 0.2) is 0 Å². The van der Waals surface area contributed by atoms with Gasteiger partial charge >= 0.3 is 0 Å². The minimum absolute atomic E-state index is 2.00. The van der Waals surface area contributed by atoms with E-state index in [2.05, 4.69) is 10.3 Å². The Morgan fingerprint density at radius 3 is 1.14 bits per heavy atom. The summed E-state index contributed by atoms with van der Waals surface area (Å²) in [6.45, 7) is 2.00. The van der Waals surface area contributed by atoms with Gasteiger partial charge in [0.05, 0.1) is 0 Å². The molecule has 0 aromatic rings. The van der Waals surface area contributed by atoms with Gasteiger partial charge in [0, 0.05) is 0 Å². The van der Waals surface area contributed by atoms with Crippen LogP contribution in [0.3, 0.4) is 0 Å². The fourth-order valence-electron chi connectivity index (χ4n) is 0. The number of carbonyl (C=O) groups is 1. The van der Waals surface area contributed by atoms with Gasteiger partial charge in [-0.2, -0.15) is 8.42 Å². The third-order valence-electron chi connectivity index (χ3n) is 0. The van der Waals surface area contributed by atoms with E-state index in [-0.39, 0.29) is 0 Å². The van der Waals surface area contributed by atoms with E-state index in [0.29, 0.717) is 0 Å². The van der Waals surface area contributed by atoms with Gasteiger partial charge in [-0.1, -0.05) is 0 Å². The van der Waals surface area contributed by atoms with E-state index in [4.69, 9.17) is 4.79 Å². The van der Waals surface area contributed by atoms with Crippen LogP contribution in [0, 0.1) is 0 Å². The highest BCUT2D eigenvalue weighted by Crippen LogP contribution is 1.40. The van der Waals surface area contributed by atoms with Crippen molar-refractivity contribution in [3.63, 3.8) is 0 Å². The van der Waals surface area contributed by atoms with E-state index in [9.17, 15) is 8.42 Å². The summed E-state index contributed by atoms with van der Waals surface area (Å²) >= 11 is 0. The van der Waals surface area contributed by atoms with Crippen LogP contribution in [0.25, 0.3) is 0 Å². The lowest BCUT2D eigenvalue weighted by molar-refractivity contribution is -0.0979. The van der Waals surface area contributed by atoms with E-state index < -0.39 is 10.2 Å². The van der Waals surface area contributed by atoms with Gasteiger partial charge in [-0.05, 0) is 0 Å². The molecule has 0 bridgehead atoms. The molecule has 0 spiro atoms. The van der Waals surface area contributed by atoms with Crippen molar-refractivity contribution in [2.45, 2.75) is 0 Å². The Morgan fingerprint density at radius 1 is 1.14 bits per heavy atom. The molecule has 0 aliphatic carbocycles. The normalized spacial score (nSPS) is 8.86. The van der Waals surface area contributed by atoms with Crippen LogP contribution in [0.15, 0.2) is 0 Å². The summed E-state index contributed by atoms with van der Waals surface area (Å²) in [6.07, 6.45) is 0. The molecule has 0 aromatic heterocycles. The Balaban J connectivity index is 0. The molecule has 0 heterocycles. The van der Waals surface area contributed by atoms with Gasteiger partial charge in [0.2, 0.25) is 0 Å². The minimum Gasteiger partial charge on any atom is -0.307 e. The predicted molar refractivity (Wildman–Crippen MR) is 24.4 cm³/mol. The standard InChI is InChI=1S/CH2O.H4N2O2S/c1-2;1-5(2,3)4/h1H2;(H4,1,2,3,4). The summed E-state index contributed by atoms with van der Waals surface area (Å²) in [5, 5.41) is 8.21. The summed E-state index contributed by atoms with van der Waals surface area (Å²) in [5.41, 5.74) is 0. The highest BCUT2D eigenvalue weighted by molar-refractivity contribution is 7.86. The summed E-state index contributed by atoms with van der Waals surface area (Å²) in [6, 6.07) is 0. The zero-order valence-electron chi connectivity index (χ0n) is 3.49. The molecular weight excluding hydrogens is 120 g/mol. The molecule has 4 N–H and O–H groups in total. The molecular formula is CH6N2O3S. The van der Waals surface area contributed by atoms with Crippen molar-refractivity contribution in [2.24, 2.45) is 10.3 Å². The van der Waals surface area contributed by atoms with Gasteiger partial charge in [0.25, 0.3) is 10.2 Å². The molecule has 0 fully saturated rings. The van der Waals surface area contributed by atoms with Crippen molar-refractivity contribution in [1.82, 2.24) is 0 Å². The number of hydrogen-bond donors (Lipinski definition) is 2. The number of carbonyl (C=O) groups excluding carboxylic acids is 1. The predicted octanol–water partition coefficient (Wildman–Crippen LogP) is -2.04. The van der Waals surface area contributed by atoms with Crippen LogP contribution >= 0.6 is 0 Å². The van der Waals surface area contributed by atoms with E-state index >= 15 is 0 Å².